The average molecular weight is 252 g/mol. The Balaban J connectivity index is 2.18. The number of hydrogen-bond acceptors (Lipinski definition) is 5. The van der Waals surface area contributed by atoms with E-state index in [1.165, 1.54) is 0 Å². The number of rotatable bonds is 4. The van der Waals surface area contributed by atoms with Gasteiger partial charge in [-0.05, 0) is 18.9 Å². The van der Waals surface area contributed by atoms with E-state index in [1.807, 2.05) is 12.1 Å². The van der Waals surface area contributed by atoms with E-state index in [4.69, 9.17) is 15.2 Å². The Morgan fingerprint density at radius 2 is 2.11 bits per heavy atom. The fourth-order valence-corrected chi connectivity index (χ4v) is 2.20. The van der Waals surface area contributed by atoms with Gasteiger partial charge in [-0.2, -0.15) is 0 Å². The lowest BCUT2D eigenvalue weighted by molar-refractivity contribution is 0.0380. The van der Waals surface area contributed by atoms with Crippen LogP contribution in [0.4, 0.5) is 11.4 Å². The van der Waals surface area contributed by atoms with Crippen LogP contribution in [-0.2, 0) is 4.74 Å². The molecule has 0 spiro atoms. The molecule has 1 aliphatic rings. The third-order valence-electron chi connectivity index (χ3n) is 3.33. The van der Waals surface area contributed by atoms with Crippen molar-refractivity contribution in [1.82, 2.24) is 0 Å². The minimum absolute atomic E-state index is 0.0769. The second kappa shape index (κ2) is 5.46. The largest absolute Gasteiger partial charge is 0.497 e. The summed E-state index contributed by atoms with van der Waals surface area (Å²) in [4.78, 5) is 0. The molecule has 1 saturated heterocycles. The first-order chi connectivity index (χ1) is 8.67. The first-order valence-corrected chi connectivity index (χ1v) is 6.09. The van der Waals surface area contributed by atoms with Crippen molar-refractivity contribution in [3.8, 4) is 5.75 Å². The molecule has 100 valence electrons. The van der Waals surface area contributed by atoms with Gasteiger partial charge < -0.3 is 25.6 Å². The van der Waals surface area contributed by atoms with Crippen molar-refractivity contribution in [2.75, 3.05) is 38.0 Å². The topological polar surface area (TPSA) is 76.7 Å². The zero-order valence-corrected chi connectivity index (χ0v) is 10.6. The normalized spacial score (nSPS) is 18.3. The number of hydrogen-bond donors (Lipinski definition) is 3. The molecule has 1 aromatic rings. The summed E-state index contributed by atoms with van der Waals surface area (Å²) in [7, 11) is 1.61. The molecule has 0 amide bonds. The van der Waals surface area contributed by atoms with Crippen molar-refractivity contribution in [2.45, 2.75) is 18.4 Å². The SMILES string of the molecule is COc1cc(N)cc(NC2(CO)CCOCC2)c1. The molecule has 0 aliphatic carbocycles. The first kappa shape index (κ1) is 13.0. The van der Waals surface area contributed by atoms with Crippen LogP contribution < -0.4 is 15.8 Å². The molecular weight excluding hydrogens is 232 g/mol. The van der Waals surface area contributed by atoms with Gasteiger partial charge in [0.1, 0.15) is 5.75 Å². The van der Waals surface area contributed by atoms with Gasteiger partial charge in [0.25, 0.3) is 0 Å². The monoisotopic (exact) mass is 252 g/mol. The van der Waals surface area contributed by atoms with Gasteiger partial charge in [-0.15, -0.1) is 0 Å². The molecule has 5 heteroatoms. The van der Waals surface area contributed by atoms with E-state index in [2.05, 4.69) is 5.32 Å². The summed E-state index contributed by atoms with van der Waals surface area (Å²) in [6.45, 7) is 1.40. The highest BCUT2D eigenvalue weighted by molar-refractivity contribution is 5.60. The molecule has 0 unspecified atom stereocenters. The molecule has 1 fully saturated rings. The van der Waals surface area contributed by atoms with E-state index < -0.39 is 0 Å². The number of ether oxygens (including phenoxy) is 2. The standard InChI is InChI=1S/C13H20N2O3/c1-17-12-7-10(14)6-11(8-12)15-13(9-16)2-4-18-5-3-13/h6-8,15-16H,2-5,9,14H2,1H3. The van der Waals surface area contributed by atoms with Gasteiger partial charge in [-0.1, -0.05) is 0 Å². The highest BCUT2D eigenvalue weighted by Crippen LogP contribution is 2.29. The zero-order chi connectivity index (χ0) is 13.0. The van der Waals surface area contributed by atoms with E-state index in [9.17, 15) is 5.11 Å². The lowest BCUT2D eigenvalue weighted by Crippen LogP contribution is -2.46. The van der Waals surface area contributed by atoms with Crippen LogP contribution in [0.2, 0.25) is 0 Å². The second-order valence-electron chi connectivity index (χ2n) is 4.67. The molecule has 1 heterocycles. The maximum atomic E-state index is 9.62. The Kier molecular flexibility index (Phi) is 3.93. The van der Waals surface area contributed by atoms with Crippen molar-refractivity contribution < 1.29 is 14.6 Å². The third kappa shape index (κ3) is 2.86. The average Bonchev–Trinajstić information content (AvgIpc) is 2.39. The summed E-state index contributed by atoms with van der Waals surface area (Å²) >= 11 is 0. The van der Waals surface area contributed by atoms with Gasteiger partial charge in [0.2, 0.25) is 0 Å². The van der Waals surface area contributed by atoms with Crippen LogP contribution in [0.5, 0.6) is 5.75 Å². The Bertz CT molecular complexity index is 403. The number of nitrogens with one attached hydrogen (secondary N) is 1. The van der Waals surface area contributed by atoms with Gasteiger partial charge in [0, 0.05) is 36.7 Å². The van der Waals surface area contributed by atoms with Crippen molar-refractivity contribution in [3.63, 3.8) is 0 Å². The third-order valence-corrected chi connectivity index (χ3v) is 3.33. The first-order valence-electron chi connectivity index (χ1n) is 6.09. The van der Waals surface area contributed by atoms with Gasteiger partial charge in [0.05, 0.1) is 19.3 Å². The number of methoxy groups -OCH3 is 1. The lowest BCUT2D eigenvalue weighted by Gasteiger charge is -2.37. The van der Waals surface area contributed by atoms with Crippen molar-refractivity contribution in [3.05, 3.63) is 18.2 Å². The quantitative estimate of drug-likeness (QED) is 0.703. The van der Waals surface area contributed by atoms with Crippen LogP contribution in [-0.4, -0.2) is 37.6 Å². The molecule has 0 bridgehead atoms. The van der Waals surface area contributed by atoms with Crippen LogP contribution in [0, 0.1) is 0 Å². The second-order valence-corrected chi connectivity index (χ2v) is 4.67. The van der Waals surface area contributed by atoms with E-state index in [0.29, 0.717) is 24.7 Å². The predicted octanol–water partition coefficient (Wildman–Crippen LogP) is 1.23. The zero-order valence-electron chi connectivity index (χ0n) is 10.6. The number of nitrogen functional groups attached to an aromatic ring is 1. The Labute approximate surface area is 107 Å². The fraction of sp³-hybridized carbons (Fsp3) is 0.538. The van der Waals surface area contributed by atoms with E-state index >= 15 is 0 Å². The minimum atomic E-state index is -0.322. The smallest absolute Gasteiger partial charge is 0.122 e. The molecule has 18 heavy (non-hydrogen) atoms. The summed E-state index contributed by atoms with van der Waals surface area (Å²) < 4.78 is 10.5. The van der Waals surface area contributed by atoms with Crippen molar-refractivity contribution in [1.29, 1.82) is 0 Å². The molecule has 4 N–H and O–H groups in total. The summed E-state index contributed by atoms with van der Waals surface area (Å²) in [5, 5.41) is 13.0. The van der Waals surface area contributed by atoms with Crippen LogP contribution in [0.15, 0.2) is 18.2 Å². The van der Waals surface area contributed by atoms with Gasteiger partial charge in [0.15, 0.2) is 0 Å². The van der Waals surface area contributed by atoms with Gasteiger partial charge in [-0.3, -0.25) is 0 Å². The van der Waals surface area contributed by atoms with Crippen molar-refractivity contribution >= 4 is 11.4 Å². The molecule has 0 saturated carbocycles. The van der Waals surface area contributed by atoms with E-state index in [0.717, 1.165) is 18.5 Å². The Morgan fingerprint density at radius 3 is 2.72 bits per heavy atom. The molecule has 0 aromatic heterocycles. The summed E-state index contributed by atoms with van der Waals surface area (Å²) in [5.41, 5.74) is 6.99. The minimum Gasteiger partial charge on any atom is -0.497 e. The summed E-state index contributed by atoms with van der Waals surface area (Å²) in [6.07, 6.45) is 1.56. The number of aliphatic hydroxyl groups is 1. The number of nitrogens with two attached hydrogens (primary N) is 1. The maximum absolute atomic E-state index is 9.62. The van der Waals surface area contributed by atoms with Gasteiger partial charge in [-0.25, -0.2) is 0 Å². The predicted molar refractivity (Wildman–Crippen MR) is 70.9 cm³/mol. The lowest BCUT2D eigenvalue weighted by atomic mass is 9.90. The molecule has 0 atom stereocenters. The molecule has 5 nitrogen and oxygen atoms in total. The highest BCUT2D eigenvalue weighted by atomic mass is 16.5. The van der Waals surface area contributed by atoms with Crippen LogP contribution >= 0.6 is 0 Å². The van der Waals surface area contributed by atoms with Crippen LogP contribution in [0.1, 0.15) is 12.8 Å². The van der Waals surface area contributed by atoms with Crippen LogP contribution in [0.25, 0.3) is 0 Å². The fourth-order valence-electron chi connectivity index (χ4n) is 2.20. The summed E-state index contributed by atoms with van der Waals surface area (Å²) in [6, 6.07) is 5.49. The molecular formula is C13H20N2O3. The molecule has 1 aliphatic heterocycles. The Morgan fingerprint density at radius 1 is 1.39 bits per heavy atom. The highest BCUT2D eigenvalue weighted by Gasteiger charge is 2.31. The molecule has 0 radical (unpaired) electrons. The number of anilines is 2. The van der Waals surface area contributed by atoms with Crippen LogP contribution in [0.3, 0.4) is 0 Å². The Hall–Kier alpha value is -1.46. The van der Waals surface area contributed by atoms with E-state index in [-0.39, 0.29) is 12.1 Å². The maximum Gasteiger partial charge on any atom is 0.122 e. The molecule has 1 aromatic carbocycles. The van der Waals surface area contributed by atoms with E-state index in [1.54, 1.807) is 13.2 Å². The molecule has 2 rings (SSSR count). The van der Waals surface area contributed by atoms with Gasteiger partial charge >= 0.3 is 0 Å². The summed E-state index contributed by atoms with van der Waals surface area (Å²) in [5.74, 6) is 0.706. The van der Waals surface area contributed by atoms with Crippen molar-refractivity contribution in [2.24, 2.45) is 0 Å². The number of benzene rings is 1. The number of aliphatic hydroxyl groups excluding tert-OH is 1.